The van der Waals surface area contributed by atoms with Crippen molar-refractivity contribution in [1.29, 1.82) is 0 Å². The maximum atomic E-state index is 13.4. The topological polar surface area (TPSA) is 43.8 Å². The molecule has 0 aliphatic heterocycles. The van der Waals surface area contributed by atoms with Gasteiger partial charge in [0.1, 0.15) is 11.6 Å². The van der Waals surface area contributed by atoms with Gasteiger partial charge in [-0.25, -0.2) is 13.8 Å². The zero-order valence-corrected chi connectivity index (χ0v) is 9.40. The van der Waals surface area contributed by atoms with E-state index in [1.54, 1.807) is 24.1 Å². The Morgan fingerprint density at radius 2 is 2.00 bits per heavy atom. The summed E-state index contributed by atoms with van der Waals surface area (Å²) in [5, 5.41) is 0. The van der Waals surface area contributed by atoms with Crippen LogP contribution in [0.2, 0.25) is 0 Å². The van der Waals surface area contributed by atoms with Gasteiger partial charge in [0.2, 0.25) is 0 Å². The molecule has 0 bridgehead atoms. The Morgan fingerprint density at radius 3 is 2.53 bits per heavy atom. The van der Waals surface area contributed by atoms with Gasteiger partial charge >= 0.3 is 0 Å². The lowest BCUT2D eigenvalue weighted by Gasteiger charge is -2.13. The number of halogens is 2. The zero-order valence-electron chi connectivity index (χ0n) is 9.40. The highest BCUT2D eigenvalue weighted by atomic mass is 19.1. The Morgan fingerprint density at radius 1 is 1.35 bits per heavy atom. The van der Waals surface area contributed by atoms with E-state index >= 15 is 0 Å². The first-order valence-corrected chi connectivity index (χ1v) is 5.24. The van der Waals surface area contributed by atoms with Crippen LogP contribution in [0.5, 0.6) is 0 Å². The van der Waals surface area contributed by atoms with Gasteiger partial charge in [0.15, 0.2) is 0 Å². The van der Waals surface area contributed by atoms with Gasteiger partial charge in [-0.1, -0.05) is 6.07 Å². The molecule has 0 amide bonds. The second-order valence-corrected chi connectivity index (χ2v) is 3.94. The monoisotopic (exact) mass is 237 g/mol. The number of hydrogen-bond acceptors (Lipinski definition) is 2. The molecule has 2 aromatic rings. The lowest BCUT2D eigenvalue weighted by Crippen LogP contribution is -2.17. The molecule has 90 valence electrons. The number of aromatic nitrogens is 2. The second-order valence-electron chi connectivity index (χ2n) is 3.94. The fourth-order valence-electron chi connectivity index (χ4n) is 1.78. The van der Waals surface area contributed by atoms with E-state index in [1.165, 1.54) is 18.2 Å². The molecule has 5 heteroatoms. The van der Waals surface area contributed by atoms with Crippen molar-refractivity contribution in [3.8, 4) is 0 Å². The van der Waals surface area contributed by atoms with Crippen LogP contribution in [0.15, 0.2) is 30.7 Å². The Bertz CT molecular complexity index is 502. The maximum absolute atomic E-state index is 13.4. The third-order valence-corrected chi connectivity index (χ3v) is 2.72. The number of aryl methyl sites for hydroxylation is 1. The molecule has 1 aromatic heterocycles. The molecular weight excluding hydrogens is 224 g/mol. The summed E-state index contributed by atoms with van der Waals surface area (Å²) in [6.45, 7) is 0. The minimum absolute atomic E-state index is 0.0150. The average Bonchev–Trinajstić information content (AvgIpc) is 2.70. The van der Waals surface area contributed by atoms with E-state index in [2.05, 4.69) is 4.98 Å². The van der Waals surface area contributed by atoms with Crippen molar-refractivity contribution in [2.45, 2.75) is 12.5 Å². The largest absolute Gasteiger partial charge is 0.336 e. The first-order chi connectivity index (χ1) is 8.09. The number of hydrogen-bond donors (Lipinski definition) is 1. The van der Waals surface area contributed by atoms with Crippen LogP contribution in [0.4, 0.5) is 8.78 Å². The summed E-state index contributed by atoms with van der Waals surface area (Å²) in [6.07, 6.45) is 3.31. The van der Waals surface area contributed by atoms with Crippen molar-refractivity contribution < 1.29 is 8.78 Å². The Kier molecular flexibility index (Phi) is 3.19. The van der Waals surface area contributed by atoms with Gasteiger partial charge in [0.05, 0.1) is 18.1 Å². The van der Waals surface area contributed by atoms with Gasteiger partial charge in [-0.05, 0) is 18.6 Å². The van der Waals surface area contributed by atoms with E-state index in [1.807, 2.05) is 0 Å². The van der Waals surface area contributed by atoms with Gasteiger partial charge in [-0.3, -0.25) is 0 Å². The SMILES string of the molecule is Cn1cncc1C(N)Cc1c(F)cccc1F. The minimum atomic E-state index is -0.567. The van der Waals surface area contributed by atoms with Crippen molar-refractivity contribution in [3.05, 3.63) is 53.6 Å². The van der Waals surface area contributed by atoms with Crippen molar-refractivity contribution >= 4 is 0 Å². The summed E-state index contributed by atoms with van der Waals surface area (Å²) >= 11 is 0. The van der Waals surface area contributed by atoms with E-state index in [0.29, 0.717) is 0 Å². The number of benzene rings is 1. The van der Waals surface area contributed by atoms with Gasteiger partial charge < -0.3 is 10.3 Å². The van der Waals surface area contributed by atoms with Crippen molar-refractivity contribution in [2.75, 3.05) is 0 Å². The van der Waals surface area contributed by atoms with Crippen LogP contribution in [-0.2, 0) is 13.5 Å². The molecule has 0 radical (unpaired) electrons. The quantitative estimate of drug-likeness (QED) is 0.886. The summed E-state index contributed by atoms with van der Waals surface area (Å²) in [6, 6.07) is 3.32. The summed E-state index contributed by atoms with van der Waals surface area (Å²) in [5.74, 6) is -1.13. The van der Waals surface area contributed by atoms with E-state index in [-0.39, 0.29) is 12.0 Å². The smallest absolute Gasteiger partial charge is 0.129 e. The van der Waals surface area contributed by atoms with E-state index in [0.717, 1.165) is 5.69 Å². The van der Waals surface area contributed by atoms with Crippen molar-refractivity contribution in [3.63, 3.8) is 0 Å². The molecule has 2 rings (SSSR count). The number of rotatable bonds is 3. The summed E-state index contributed by atoms with van der Waals surface area (Å²) in [7, 11) is 1.79. The third-order valence-electron chi connectivity index (χ3n) is 2.72. The molecule has 1 unspecified atom stereocenters. The van der Waals surface area contributed by atoms with E-state index in [4.69, 9.17) is 5.73 Å². The summed E-state index contributed by atoms with van der Waals surface area (Å²) in [4.78, 5) is 3.92. The average molecular weight is 237 g/mol. The number of nitrogens with zero attached hydrogens (tertiary/aromatic N) is 2. The molecule has 1 aromatic carbocycles. The molecular formula is C12H13F2N3. The standard InChI is InChI=1S/C12H13F2N3/c1-17-7-16-6-12(17)11(15)5-8-9(13)3-2-4-10(8)14/h2-4,6-7,11H,5,15H2,1H3. The molecule has 0 spiro atoms. The molecule has 0 aliphatic carbocycles. The number of nitrogens with two attached hydrogens (primary N) is 1. The van der Waals surface area contributed by atoms with Gasteiger partial charge in [0.25, 0.3) is 0 Å². The predicted octanol–water partition coefficient (Wildman–Crippen LogP) is 1.94. The van der Waals surface area contributed by atoms with Gasteiger partial charge in [0, 0.05) is 18.8 Å². The summed E-state index contributed by atoms with van der Waals surface area (Å²) in [5.41, 5.74) is 6.67. The Labute approximate surface area is 97.9 Å². The van der Waals surface area contributed by atoms with Crippen LogP contribution in [0.3, 0.4) is 0 Å². The van der Waals surface area contributed by atoms with Crippen LogP contribution >= 0.6 is 0 Å². The zero-order chi connectivity index (χ0) is 12.4. The highest BCUT2D eigenvalue weighted by molar-refractivity contribution is 5.22. The van der Waals surface area contributed by atoms with Crippen molar-refractivity contribution in [1.82, 2.24) is 9.55 Å². The fourth-order valence-corrected chi connectivity index (χ4v) is 1.78. The van der Waals surface area contributed by atoms with Gasteiger partial charge in [-0.15, -0.1) is 0 Å². The molecule has 0 saturated heterocycles. The molecule has 2 N–H and O–H groups in total. The molecule has 3 nitrogen and oxygen atoms in total. The normalized spacial score (nSPS) is 12.7. The van der Waals surface area contributed by atoms with Crippen LogP contribution in [0, 0.1) is 11.6 Å². The van der Waals surface area contributed by atoms with Crippen LogP contribution < -0.4 is 5.73 Å². The van der Waals surface area contributed by atoms with Crippen LogP contribution in [-0.4, -0.2) is 9.55 Å². The third kappa shape index (κ3) is 2.34. The Hall–Kier alpha value is -1.75. The second kappa shape index (κ2) is 4.63. The highest BCUT2D eigenvalue weighted by Crippen LogP contribution is 2.19. The molecule has 0 fully saturated rings. The lowest BCUT2D eigenvalue weighted by molar-refractivity contribution is 0.533. The molecule has 0 aliphatic rings. The maximum Gasteiger partial charge on any atom is 0.129 e. The molecule has 1 heterocycles. The summed E-state index contributed by atoms with van der Waals surface area (Å²) < 4.78 is 28.6. The van der Waals surface area contributed by atoms with E-state index in [9.17, 15) is 8.78 Å². The first-order valence-electron chi connectivity index (χ1n) is 5.24. The number of imidazole rings is 1. The fraction of sp³-hybridized carbons (Fsp3) is 0.250. The van der Waals surface area contributed by atoms with E-state index < -0.39 is 17.7 Å². The molecule has 0 saturated carbocycles. The minimum Gasteiger partial charge on any atom is -0.336 e. The van der Waals surface area contributed by atoms with Gasteiger partial charge in [-0.2, -0.15) is 0 Å². The highest BCUT2D eigenvalue weighted by Gasteiger charge is 2.16. The van der Waals surface area contributed by atoms with Crippen LogP contribution in [0.25, 0.3) is 0 Å². The molecule has 17 heavy (non-hydrogen) atoms. The molecule has 1 atom stereocenters. The van der Waals surface area contributed by atoms with Crippen molar-refractivity contribution in [2.24, 2.45) is 12.8 Å². The first kappa shape index (κ1) is 11.7. The Balaban J connectivity index is 2.25. The van der Waals surface area contributed by atoms with Crippen LogP contribution in [0.1, 0.15) is 17.3 Å². The predicted molar refractivity (Wildman–Crippen MR) is 60.2 cm³/mol. The lowest BCUT2D eigenvalue weighted by atomic mass is 10.0.